The molecule has 0 amide bonds. The minimum absolute atomic E-state index is 0.0563. The lowest BCUT2D eigenvalue weighted by atomic mass is 10.3. The largest absolute Gasteiger partial charge is 0.368 e. The fourth-order valence-corrected chi connectivity index (χ4v) is 3.11. The first-order valence-electron chi connectivity index (χ1n) is 7.76. The molecular formula is C17H16N6O2S. The van der Waals surface area contributed by atoms with Crippen LogP contribution in [-0.2, 0) is 0 Å². The maximum Gasteiger partial charge on any atom is 0.269 e. The van der Waals surface area contributed by atoms with Crippen LogP contribution in [0.2, 0.25) is 0 Å². The van der Waals surface area contributed by atoms with Crippen molar-refractivity contribution < 1.29 is 4.92 Å². The first-order valence-corrected chi connectivity index (χ1v) is 8.64. The number of para-hydroxylation sites is 1. The van der Waals surface area contributed by atoms with Gasteiger partial charge < -0.3 is 11.1 Å². The van der Waals surface area contributed by atoms with E-state index in [1.165, 1.54) is 23.9 Å². The van der Waals surface area contributed by atoms with Crippen molar-refractivity contribution in [1.82, 2.24) is 15.0 Å². The van der Waals surface area contributed by atoms with Crippen molar-refractivity contribution in [2.75, 3.05) is 11.1 Å². The quantitative estimate of drug-likeness (QED) is 0.381. The number of nitrogens with one attached hydrogen (secondary N) is 1. The van der Waals surface area contributed by atoms with Crippen molar-refractivity contribution in [2.24, 2.45) is 0 Å². The van der Waals surface area contributed by atoms with E-state index in [1.807, 2.05) is 37.3 Å². The van der Waals surface area contributed by atoms with E-state index in [-0.39, 0.29) is 16.9 Å². The minimum atomic E-state index is -0.425. The van der Waals surface area contributed by atoms with Crippen LogP contribution in [0.4, 0.5) is 23.3 Å². The Bertz CT molecular complexity index is 905. The second-order valence-corrected chi connectivity index (χ2v) is 6.79. The Morgan fingerprint density at radius 1 is 1.08 bits per heavy atom. The van der Waals surface area contributed by atoms with Crippen LogP contribution < -0.4 is 11.1 Å². The van der Waals surface area contributed by atoms with Crippen molar-refractivity contribution >= 4 is 35.0 Å². The lowest BCUT2D eigenvalue weighted by Gasteiger charge is -2.12. The molecule has 0 aliphatic carbocycles. The molecule has 0 bridgehead atoms. The molecule has 0 aliphatic rings. The minimum Gasteiger partial charge on any atom is -0.368 e. The average Bonchev–Trinajstić information content (AvgIpc) is 2.62. The van der Waals surface area contributed by atoms with Crippen molar-refractivity contribution in [1.29, 1.82) is 0 Å². The smallest absolute Gasteiger partial charge is 0.269 e. The number of aromatic nitrogens is 3. The van der Waals surface area contributed by atoms with Gasteiger partial charge >= 0.3 is 0 Å². The normalized spacial score (nSPS) is 11.7. The molecule has 132 valence electrons. The third-order valence-electron chi connectivity index (χ3n) is 3.42. The first-order chi connectivity index (χ1) is 12.5. The number of nitro benzene ring substituents is 1. The topological polar surface area (TPSA) is 120 Å². The molecule has 8 nitrogen and oxygen atoms in total. The third-order valence-corrected chi connectivity index (χ3v) is 4.53. The highest BCUT2D eigenvalue weighted by atomic mass is 32.2. The van der Waals surface area contributed by atoms with Gasteiger partial charge in [-0.05, 0) is 31.2 Å². The van der Waals surface area contributed by atoms with Gasteiger partial charge in [-0.15, -0.1) is 11.8 Å². The van der Waals surface area contributed by atoms with Crippen LogP contribution in [0.5, 0.6) is 0 Å². The molecular weight excluding hydrogens is 352 g/mol. The van der Waals surface area contributed by atoms with Crippen LogP contribution >= 0.6 is 11.8 Å². The zero-order valence-corrected chi connectivity index (χ0v) is 14.7. The number of benzene rings is 2. The van der Waals surface area contributed by atoms with Gasteiger partial charge in [0.1, 0.15) is 5.82 Å². The molecule has 1 unspecified atom stereocenters. The Labute approximate surface area is 154 Å². The molecule has 26 heavy (non-hydrogen) atoms. The molecule has 3 rings (SSSR count). The number of nitro groups is 1. The molecule has 2 aromatic carbocycles. The Morgan fingerprint density at radius 2 is 1.77 bits per heavy atom. The molecule has 9 heteroatoms. The molecule has 0 fully saturated rings. The monoisotopic (exact) mass is 368 g/mol. The summed E-state index contributed by atoms with van der Waals surface area (Å²) in [6.07, 6.45) is 0. The number of non-ortho nitro benzene ring substituents is 1. The predicted octanol–water partition coefficient (Wildman–Crippen LogP) is 3.96. The second-order valence-electron chi connectivity index (χ2n) is 5.38. The summed E-state index contributed by atoms with van der Waals surface area (Å²) >= 11 is 1.48. The number of nitrogen functional groups attached to an aromatic ring is 1. The Hall–Kier alpha value is -3.20. The number of rotatable bonds is 6. The van der Waals surface area contributed by atoms with Gasteiger partial charge in [0, 0.05) is 22.7 Å². The third kappa shape index (κ3) is 4.45. The average molecular weight is 368 g/mol. The number of hydrogen-bond donors (Lipinski definition) is 2. The molecule has 0 aliphatic heterocycles. The number of anilines is 3. The summed E-state index contributed by atoms with van der Waals surface area (Å²) in [5.74, 6) is 1.03. The maximum absolute atomic E-state index is 10.7. The molecule has 1 heterocycles. The summed E-state index contributed by atoms with van der Waals surface area (Å²) in [7, 11) is 0. The van der Waals surface area contributed by atoms with Gasteiger partial charge in [0.25, 0.3) is 5.69 Å². The lowest BCUT2D eigenvalue weighted by Crippen LogP contribution is -2.08. The summed E-state index contributed by atoms with van der Waals surface area (Å²) < 4.78 is 0. The van der Waals surface area contributed by atoms with E-state index in [2.05, 4.69) is 20.3 Å². The van der Waals surface area contributed by atoms with E-state index < -0.39 is 4.92 Å². The molecule has 3 N–H and O–H groups in total. The van der Waals surface area contributed by atoms with Gasteiger partial charge in [0.05, 0.1) is 10.2 Å². The van der Waals surface area contributed by atoms with Crippen molar-refractivity contribution in [2.45, 2.75) is 17.1 Å². The fraction of sp³-hybridized carbons (Fsp3) is 0.118. The van der Waals surface area contributed by atoms with Crippen molar-refractivity contribution in [3.05, 3.63) is 70.5 Å². The lowest BCUT2D eigenvalue weighted by molar-refractivity contribution is -0.384. The predicted molar refractivity (Wildman–Crippen MR) is 101 cm³/mol. The van der Waals surface area contributed by atoms with Gasteiger partial charge in [-0.1, -0.05) is 18.2 Å². The number of nitrogens with two attached hydrogens (primary N) is 1. The Balaban J connectivity index is 1.76. The van der Waals surface area contributed by atoms with Crippen LogP contribution in [0, 0.1) is 10.1 Å². The zero-order chi connectivity index (χ0) is 18.5. The summed E-state index contributed by atoms with van der Waals surface area (Å²) in [5, 5.41) is 13.7. The highest BCUT2D eigenvalue weighted by Gasteiger charge is 2.15. The number of nitrogens with zero attached hydrogens (tertiary/aromatic N) is 4. The molecule has 1 atom stereocenters. The van der Waals surface area contributed by atoms with Gasteiger partial charge in [-0.25, -0.2) is 0 Å². The van der Waals surface area contributed by atoms with Crippen LogP contribution in [0.1, 0.15) is 18.0 Å². The highest BCUT2D eigenvalue weighted by Crippen LogP contribution is 2.34. The molecule has 3 aromatic rings. The Morgan fingerprint density at radius 3 is 2.42 bits per heavy atom. The molecule has 0 spiro atoms. The van der Waals surface area contributed by atoms with Gasteiger partial charge in [0.15, 0.2) is 0 Å². The van der Waals surface area contributed by atoms with Gasteiger partial charge in [-0.2, -0.15) is 15.0 Å². The van der Waals surface area contributed by atoms with Crippen LogP contribution in [0.25, 0.3) is 0 Å². The number of hydrogen-bond acceptors (Lipinski definition) is 8. The SMILES string of the molecule is CC(Sc1ccc([N+](=O)[O-])cc1)c1nc(N)nc(Nc2ccccc2)n1. The second kappa shape index (κ2) is 7.79. The van der Waals surface area contributed by atoms with Crippen LogP contribution in [0.3, 0.4) is 0 Å². The summed E-state index contributed by atoms with van der Waals surface area (Å²) in [5.41, 5.74) is 6.71. The van der Waals surface area contributed by atoms with E-state index in [1.54, 1.807) is 12.1 Å². The van der Waals surface area contributed by atoms with Crippen molar-refractivity contribution in [3.63, 3.8) is 0 Å². The summed E-state index contributed by atoms with van der Waals surface area (Å²) in [6, 6.07) is 15.9. The van der Waals surface area contributed by atoms with Crippen LogP contribution in [0.15, 0.2) is 59.5 Å². The summed E-state index contributed by atoms with van der Waals surface area (Å²) in [6.45, 7) is 1.94. The van der Waals surface area contributed by atoms with Gasteiger partial charge in [0.2, 0.25) is 11.9 Å². The van der Waals surface area contributed by atoms with Gasteiger partial charge in [-0.3, -0.25) is 10.1 Å². The molecule has 1 aromatic heterocycles. The standard InChI is InChI=1S/C17H16N6O2S/c1-11(26-14-9-7-13(8-10-14)23(24)25)15-20-16(18)22-17(21-15)19-12-5-3-2-4-6-12/h2-11H,1H3,(H3,18,19,20,21,22). The molecule has 0 saturated heterocycles. The molecule has 0 radical (unpaired) electrons. The summed E-state index contributed by atoms with van der Waals surface area (Å²) in [4.78, 5) is 23.9. The fourth-order valence-electron chi connectivity index (χ4n) is 2.20. The van der Waals surface area contributed by atoms with E-state index in [9.17, 15) is 10.1 Å². The van der Waals surface area contributed by atoms with E-state index >= 15 is 0 Å². The Kier molecular flexibility index (Phi) is 5.28. The van der Waals surface area contributed by atoms with E-state index in [0.717, 1.165) is 10.6 Å². The first kappa shape index (κ1) is 17.6. The maximum atomic E-state index is 10.7. The van der Waals surface area contributed by atoms with Crippen molar-refractivity contribution in [3.8, 4) is 0 Å². The highest BCUT2D eigenvalue weighted by molar-refractivity contribution is 7.99. The molecule has 0 saturated carbocycles. The van der Waals surface area contributed by atoms with E-state index in [4.69, 9.17) is 5.73 Å². The zero-order valence-electron chi connectivity index (χ0n) is 13.9. The number of thioether (sulfide) groups is 1. The van der Waals surface area contributed by atoms with E-state index in [0.29, 0.717) is 11.8 Å². The van der Waals surface area contributed by atoms with Crippen LogP contribution in [-0.4, -0.2) is 19.9 Å².